The van der Waals surface area contributed by atoms with Gasteiger partial charge in [0, 0.05) is 39.8 Å². The maximum Gasteiger partial charge on any atom is 0.335 e. The summed E-state index contributed by atoms with van der Waals surface area (Å²) in [6, 6.07) is 14.0. The zero-order chi connectivity index (χ0) is 26.7. The molecule has 3 N–H and O–H groups in total. The van der Waals surface area contributed by atoms with Gasteiger partial charge in [-0.25, -0.2) is 13.6 Å². The number of nitrogens with zero attached hydrogens (tertiary/aromatic N) is 2. The molecule has 0 fully saturated rings. The van der Waals surface area contributed by atoms with Crippen molar-refractivity contribution in [2.75, 3.05) is 0 Å². The second-order valence-electron chi connectivity index (χ2n) is 8.18. The van der Waals surface area contributed by atoms with Crippen molar-refractivity contribution in [1.82, 2.24) is 10.3 Å². The first-order chi connectivity index (χ1) is 17.7. The van der Waals surface area contributed by atoms with Crippen LogP contribution in [0.3, 0.4) is 0 Å². The van der Waals surface area contributed by atoms with Gasteiger partial charge in [-0.1, -0.05) is 35.9 Å². The van der Waals surface area contributed by atoms with E-state index < -0.39 is 47.3 Å². The molecule has 1 atom stereocenters. The molecule has 7 nitrogen and oxygen atoms in total. The molecule has 10 heteroatoms. The highest BCUT2D eigenvalue weighted by atomic mass is 35.5. The molecule has 0 saturated carbocycles. The first-order valence-corrected chi connectivity index (χ1v) is 11.3. The van der Waals surface area contributed by atoms with Gasteiger partial charge < -0.3 is 10.2 Å². The Kier molecular flexibility index (Phi) is 7.43. The molecule has 0 bridgehead atoms. The van der Waals surface area contributed by atoms with Crippen LogP contribution in [0, 0.1) is 23.0 Å². The Morgan fingerprint density at radius 3 is 2.38 bits per heavy atom. The number of nitrogens with one attached hydrogen (secondary N) is 1. The third-order valence-electron chi connectivity index (χ3n) is 5.88. The number of aromatic carboxylic acids is 1. The van der Waals surface area contributed by atoms with Gasteiger partial charge in [-0.3, -0.25) is 15.1 Å². The number of carbonyl (C=O) groups is 2. The molecule has 0 radical (unpaired) electrons. The largest absolute Gasteiger partial charge is 0.480 e. The lowest BCUT2D eigenvalue weighted by atomic mass is 9.94. The quantitative estimate of drug-likeness (QED) is 0.291. The highest BCUT2D eigenvalue weighted by Crippen LogP contribution is 2.34. The molecule has 0 saturated heterocycles. The first-order valence-electron chi connectivity index (χ1n) is 10.9. The molecule has 0 aliphatic heterocycles. The Bertz CT molecular complexity index is 1560. The van der Waals surface area contributed by atoms with Crippen molar-refractivity contribution in [3.05, 3.63) is 99.7 Å². The Labute approximate surface area is 214 Å². The van der Waals surface area contributed by atoms with Crippen molar-refractivity contribution < 1.29 is 28.6 Å². The highest BCUT2D eigenvalue weighted by molar-refractivity contribution is 6.33. The van der Waals surface area contributed by atoms with E-state index in [-0.39, 0.29) is 6.42 Å². The molecule has 4 rings (SSSR count). The van der Waals surface area contributed by atoms with Crippen molar-refractivity contribution in [2.24, 2.45) is 0 Å². The minimum Gasteiger partial charge on any atom is -0.480 e. The standard InChI is InChI=1S/C27H18ClF2N3O4/c28-21-8-14(12-31)3-5-18(21)19-6-4-15(17-2-1-7-32-25(17)19)11-24(27(36)37)33-13-20-22(29)9-16(26(34)35)10-23(20)30/h1-10,24,33H,11,13H2,(H,34,35)(H,36,37)/t24-/m0/s1. The van der Waals surface area contributed by atoms with Gasteiger partial charge in [-0.15, -0.1) is 0 Å². The van der Waals surface area contributed by atoms with E-state index in [0.717, 1.165) is 0 Å². The molecule has 3 aromatic carbocycles. The zero-order valence-electron chi connectivity index (χ0n) is 19.0. The number of rotatable bonds is 8. The van der Waals surface area contributed by atoms with Crippen molar-refractivity contribution in [2.45, 2.75) is 19.0 Å². The average molecular weight is 522 g/mol. The van der Waals surface area contributed by atoms with Gasteiger partial charge in [0.05, 0.1) is 22.7 Å². The summed E-state index contributed by atoms with van der Waals surface area (Å²) in [5.74, 6) is -4.90. The second kappa shape index (κ2) is 10.7. The van der Waals surface area contributed by atoms with E-state index in [2.05, 4.69) is 10.3 Å². The Morgan fingerprint density at radius 2 is 1.76 bits per heavy atom. The number of carboxylic acids is 2. The minimum absolute atomic E-state index is 0.0324. The summed E-state index contributed by atoms with van der Waals surface area (Å²) in [7, 11) is 0. The van der Waals surface area contributed by atoms with Crippen LogP contribution in [0.5, 0.6) is 0 Å². The molecule has 0 aliphatic carbocycles. The van der Waals surface area contributed by atoms with Gasteiger partial charge >= 0.3 is 11.9 Å². The van der Waals surface area contributed by atoms with Gasteiger partial charge in [0.25, 0.3) is 0 Å². The van der Waals surface area contributed by atoms with Crippen LogP contribution < -0.4 is 5.32 Å². The maximum absolute atomic E-state index is 14.3. The highest BCUT2D eigenvalue weighted by Gasteiger charge is 2.22. The van der Waals surface area contributed by atoms with E-state index in [1.54, 1.807) is 48.7 Å². The Balaban J connectivity index is 1.64. The smallest absolute Gasteiger partial charge is 0.335 e. The predicted molar refractivity (Wildman–Crippen MR) is 132 cm³/mol. The Hall–Kier alpha value is -4.39. The number of aliphatic carboxylic acids is 1. The van der Waals surface area contributed by atoms with Crippen molar-refractivity contribution in [3.63, 3.8) is 0 Å². The lowest BCUT2D eigenvalue weighted by Gasteiger charge is -2.18. The number of halogens is 3. The third kappa shape index (κ3) is 5.40. The molecule has 37 heavy (non-hydrogen) atoms. The fourth-order valence-electron chi connectivity index (χ4n) is 4.02. The van der Waals surface area contributed by atoms with E-state index in [1.807, 2.05) is 6.07 Å². The van der Waals surface area contributed by atoms with Crippen LogP contribution >= 0.6 is 11.6 Å². The SMILES string of the molecule is N#Cc1ccc(-c2ccc(C[C@H](NCc3c(F)cc(C(=O)O)cc3F)C(=O)O)c3cccnc23)c(Cl)c1. The molecular formula is C27H18ClF2N3O4. The molecule has 4 aromatic rings. The number of benzene rings is 3. The molecule has 0 spiro atoms. The van der Waals surface area contributed by atoms with Gasteiger partial charge in [0.2, 0.25) is 0 Å². The predicted octanol–water partition coefficient (Wildman–Crippen LogP) is 5.19. The summed E-state index contributed by atoms with van der Waals surface area (Å²) in [6.07, 6.45) is 1.56. The van der Waals surface area contributed by atoms with E-state index in [9.17, 15) is 23.5 Å². The molecule has 0 unspecified atom stereocenters. The number of fused-ring (bicyclic) bond motifs is 1. The summed E-state index contributed by atoms with van der Waals surface area (Å²) in [6.45, 7) is -0.469. The zero-order valence-corrected chi connectivity index (χ0v) is 19.8. The number of nitriles is 1. The van der Waals surface area contributed by atoms with Crippen LogP contribution in [0.2, 0.25) is 5.02 Å². The summed E-state index contributed by atoms with van der Waals surface area (Å²) < 4.78 is 28.6. The molecular weight excluding hydrogens is 504 g/mol. The number of hydrogen-bond donors (Lipinski definition) is 3. The number of pyridine rings is 1. The van der Waals surface area contributed by atoms with Crippen LogP contribution in [0.25, 0.3) is 22.0 Å². The van der Waals surface area contributed by atoms with Gasteiger partial charge in [0.1, 0.15) is 17.7 Å². The minimum atomic E-state index is -1.48. The van der Waals surface area contributed by atoms with E-state index in [0.29, 0.717) is 50.3 Å². The van der Waals surface area contributed by atoms with Crippen LogP contribution in [0.1, 0.15) is 27.0 Å². The number of carboxylic acid groups (broad SMARTS) is 2. The fourth-order valence-corrected chi connectivity index (χ4v) is 4.30. The number of aromatic nitrogens is 1. The lowest BCUT2D eigenvalue weighted by molar-refractivity contribution is -0.139. The van der Waals surface area contributed by atoms with Crippen molar-refractivity contribution in [3.8, 4) is 17.2 Å². The second-order valence-corrected chi connectivity index (χ2v) is 8.58. The summed E-state index contributed by atoms with van der Waals surface area (Å²) in [4.78, 5) is 27.4. The van der Waals surface area contributed by atoms with Crippen LogP contribution in [0.4, 0.5) is 8.78 Å². The van der Waals surface area contributed by atoms with E-state index in [1.165, 1.54) is 0 Å². The molecule has 0 amide bonds. The van der Waals surface area contributed by atoms with E-state index in [4.69, 9.17) is 22.0 Å². The molecule has 0 aliphatic rings. The van der Waals surface area contributed by atoms with Crippen LogP contribution in [-0.4, -0.2) is 33.2 Å². The van der Waals surface area contributed by atoms with Gasteiger partial charge in [-0.2, -0.15) is 5.26 Å². The Morgan fingerprint density at radius 1 is 1.05 bits per heavy atom. The molecule has 186 valence electrons. The molecule has 1 heterocycles. The summed E-state index contributed by atoms with van der Waals surface area (Å²) in [5.41, 5.74) is 1.93. The maximum atomic E-state index is 14.3. The van der Waals surface area contributed by atoms with Crippen molar-refractivity contribution in [1.29, 1.82) is 5.26 Å². The topological polar surface area (TPSA) is 123 Å². The average Bonchev–Trinajstić information content (AvgIpc) is 2.87. The normalized spacial score (nSPS) is 11.7. The van der Waals surface area contributed by atoms with Gasteiger partial charge in [-0.05, 0) is 42.3 Å². The van der Waals surface area contributed by atoms with Crippen LogP contribution in [0.15, 0.2) is 60.8 Å². The fraction of sp³-hybridized carbons (Fsp3) is 0.111. The van der Waals surface area contributed by atoms with Crippen LogP contribution in [-0.2, 0) is 17.8 Å². The lowest BCUT2D eigenvalue weighted by Crippen LogP contribution is -2.38. The van der Waals surface area contributed by atoms with Crippen molar-refractivity contribution >= 4 is 34.4 Å². The third-order valence-corrected chi connectivity index (χ3v) is 6.20. The monoisotopic (exact) mass is 521 g/mol. The van der Waals surface area contributed by atoms with Gasteiger partial charge in [0.15, 0.2) is 0 Å². The van der Waals surface area contributed by atoms with E-state index >= 15 is 0 Å². The summed E-state index contributed by atoms with van der Waals surface area (Å²) in [5, 5.41) is 31.5. The summed E-state index contributed by atoms with van der Waals surface area (Å²) >= 11 is 6.40. The first kappa shape index (κ1) is 25.7. The molecule has 1 aromatic heterocycles. The number of hydrogen-bond acceptors (Lipinski definition) is 5.